The van der Waals surface area contributed by atoms with Crippen molar-refractivity contribution in [2.75, 3.05) is 26.2 Å². The van der Waals surface area contributed by atoms with Gasteiger partial charge in [-0.1, -0.05) is 20.8 Å². The monoisotopic (exact) mass is 270 g/mol. The number of carbonyl (C=O) groups excluding carboxylic acids is 1. The number of carboxylic acid groups (broad SMARTS) is 1. The molecule has 1 heterocycles. The van der Waals surface area contributed by atoms with Crippen molar-refractivity contribution >= 4 is 11.9 Å². The molecule has 1 amide bonds. The summed E-state index contributed by atoms with van der Waals surface area (Å²) in [4.78, 5) is 24.6. The highest BCUT2D eigenvalue weighted by molar-refractivity contribution is 5.78. The molecular weight excluding hydrogens is 244 g/mol. The van der Waals surface area contributed by atoms with Crippen LogP contribution in [0.15, 0.2) is 0 Å². The summed E-state index contributed by atoms with van der Waals surface area (Å²) in [5.41, 5.74) is 0.229. The van der Waals surface area contributed by atoms with Gasteiger partial charge in [0.25, 0.3) is 0 Å². The van der Waals surface area contributed by atoms with E-state index < -0.39 is 5.97 Å². The molecule has 0 unspecified atom stereocenters. The molecule has 1 fully saturated rings. The second kappa shape index (κ2) is 6.89. The highest BCUT2D eigenvalue weighted by Gasteiger charge is 2.25. The first-order valence-electron chi connectivity index (χ1n) is 7.00. The van der Waals surface area contributed by atoms with Crippen LogP contribution >= 0.6 is 0 Å². The topological polar surface area (TPSA) is 69.6 Å². The molecule has 1 rings (SSSR count). The van der Waals surface area contributed by atoms with Crippen molar-refractivity contribution in [2.24, 2.45) is 11.3 Å². The number of piperidine rings is 1. The van der Waals surface area contributed by atoms with Gasteiger partial charge in [-0.15, -0.1) is 0 Å². The maximum Gasteiger partial charge on any atom is 0.306 e. The molecule has 5 heteroatoms. The molecule has 1 aliphatic rings. The van der Waals surface area contributed by atoms with Crippen molar-refractivity contribution < 1.29 is 14.7 Å². The summed E-state index contributed by atoms with van der Waals surface area (Å²) in [5, 5.41) is 11.8. The minimum atomic E-state index is -0.714. The van der Waals surface area contributed by atoms with Gasteiger partial charge in [0.2, 0.25) is 5.91 Å². The van der Waals surface area contributed by atoms with E-state index in [0.717, 1.165) is 6.42 Å². The Hall–Kier alpha value is -1.10. The fourth-order valence-corrected chi connectivity index (χ4v) is 2.17. The Morgan fingerprint density at radius 1 is 1.26 bits per heavy atom. The summed E-state index contributed by atoms with van der Waals surface area (Å²) < 4.78 is 0. The molecule has 2 N–H and O–H groups in total. The molecule has 19 heavy (non-hydrogen) atoms. The van der Waals surface area contributed by atoms with E-state index in [2.05, 4.69) is 26.1 Å². The molecule has 0 atom stereocenters. The lowest BCUT2D eigenvalue weighted by Gasteiger charge is -2.29. The Bertz CT molecular complexity index is 315. The molecule has 1 saturated heterocycles. The molecule has 110 valence electrons. The molecule has 1 aliphatic heterocycles. The Kier molecular flexibility index (Phi) is 5.79. The van der Waals surface area contributed by atoms with Crippen LogP contribution in [-0.2, 0) is 9.59 Å². The number of hydrogen-bond acceptors (Lipinski definition) is 3. The standard InChI is InChI=1S/C14H26N2O3/c1-14(2,3)6-7-15-12(17)10-16-8-4-11(5-9-16)13(18)19/h11H,4-10H2,1-3H3,(H,15,17)(H,18,19). The van der Waals surface area contributed by atoms with Gasteiger partial charge in [0.15, 0.2) is 0 Å². The summed E-state index contributed by atoms with van der Waals surface area (Å²) in [7, 11) is 0. The van der Waals surface area contributed by atoms with Crippen molar-refractivity contribution in [1.82, 2.24) is 10.2 Å². The number of amides is 1. The number of likely N-dealkylation sites (tertiary alicyclic amines) is 1. The number of nitrogens with one attached hydrogen (secondary N) is 1. The minimum Gasteiger partial charge on any atom is -0.481 e. The third kappa shape index (κ3) is 6.57. The van der Waals surface area contributed by atoms with Gasteiger partial charge in [-0.05, 0) is 37.8 Å². The van der Waals surface area contributed by atoms with Gasteiger partial charge in [0.05, 0.1) is 12.5 Å². The molecule has 0 bridgehead atoms. The first kappa shape index (κ1) is 16.0. The van der Waals surface area contributed by atoms with Crippen LogP contribution in [0.25, 0.3) is 0 Å². The molecule has 5 nitrogen and oxygen atoms in total. The van der Waals surface area contributed by atoms with Crippen LogP contribution in [0.3, 0.4) is 0 Å². The van der Waals surface area contributed by atoms with Crippen molar-refractivity contribution in [3.05, 3.63) is 0 Å². The Balaban J connectivity index is 2.18. The average molecular weight is 270 g/mol. The minimum absolute atomic E-state index is 0.0398. The highest BCUT2D eigenvalue weighted by atomic mass is 16.4. The van der Waals surface area contributed by atoms with Gasteiger partial charge in [-0.25, -0.2) is 0 Å². The zero-order valence-electron chi connectivity index (χ0n) is 12.2. The van der Waals surface area contributed by atoms with Crippen LogP contribution in [0.4, 0.5) is 0 Å². The number of aliphatic carboxylic acids is 1. The van der Waals surface area contributed by atoms with E-state index in [1.165, 1.54) is 0 Å². The van der Waals surface area contributed by atoms with E-state index in [1.807, 2.05) is 4.90 Å². The second-order valence-corrected chi connectivity index (χ2v) is 6.55. The maximum absolute atomic E-state index is 11.7. The van der Waals surface area contributed by atoms with Crippen molar-refractivity contribution in [2.45, 2.75) is 40.0 Å². The van der Waals surface area contributed by atoms with Crippen LogP contribution < -0.4 is 5.32 Å². The third-order valence-electron chi connectivity index (χ3n) is 3.50. The SMILES string of the molecule is CC(C)(C)CCNC(=O)CN1CCC(C(=O)O)CC1. The number of hydrogen-bond donors (Lipinski definition) is 2. The average Bonchev–Trinajstić information content (AvgIpc) is 2.27. The van der Waals surface area contributed by atoms with Gasteiger partial charge < -0.3 is 10.4 Å². The van der Waals surface area contributed by atoms with Gasteiger partial charge >= 0.3 is 5.97 Å². The highest BCUT2D eigenvalue weighted by Crippen LogP contribution is 2.18. The number of rotatable bonds is 5. The summed E-state index contributed by atoms with van der Waals surface area (Å²) in [5.74, 6) is -0.910. The summed E-state index contributed by atoms with van der Waals surface area (Å²) in [6, 6.07) is 0. The zero-order chi connectivity index (χ0) is 14.5. The number of carbonyl (C=O) groups is 2. The van der Waals surface area contributed by atoms with E-state index in [9.17, 15) is 9.59 Å². The summed E-state index contributed by atoms with van der Waals surface area (Å²) >= 11 is 0. The van der Waals surface area contributed by atoms with Gasteiger partial charge in [-0.2, -0.15) is 0 Å². The molecule has 0 saturated carbocycles. The number of carboxylic acids is 1. The van der Waals surface area contributed by atoms with Crippen molar-refractivity contribution in [1.29, 1.82) is 0 Å². The summed E-state index contributed by atoms with van der Waals surface area (Å²) in [6.07, 6.45) is 2.25. The normalized spacial score (nSPS) is 18.3. The lowest BCUT2D eigenvalue weighted by atomic mass is 9.92. The first-order chi connectivity index (χ1) is 8.78. The lowest BCUT2D eigenvalue weighted by Crippen LogP contribution is -2.43. The van der Waals surface area contributed by atoms with E-state index >= 15 is 0 Å². The molecule has 0 aromatic heterocycles. The van der Waals surface area contributed by atoms with Crippen LogP contribution in [0.2, 0.25) is 0 Å². The van der Waals surface area contributed by atoms with Crippen molar-refractivity contribution in [3.63, 3.8) is 0 Å². The molecule has 0 aromatic rings. The van der Waals surface area contributed by atoms with Gasteiger partial charge in [0, 0.05) is 6.54 Å². The largest absolute Gasteiger partial charge is 0.481 e. The lowest BCUT2D eigenvalue weighted by molar-refractivity contribution is -0.143. The van der Waals surface area contributed by atoms with Crippen LogP contribution in [-0.4, -0.2) is 48.1 Å². The molecule has 0 radical (unpaired) electrons. The Morgan fingerprint density at radius 2 is 1.84 bits per heavy atom. The predicted octanol–water partition coefficient (Wildman–Crippen LogP) is 1.34. The van der Waals surface area contributed by atoms with E-state index in [4.69, 9.17) is 5.11 Å². The van der Waals surface area contributed by atoms with Crippen LogP contribution in [0, 0.1) is 11.3 Å². The van der Waals surface area contributed by atoms with Gasteiger partial charge in [0.1, 0.15) is 0 Å². The molecule has 0 aromatic carbocycles. The Labute approximate surface area is 115 Å². The third-order valence-corrected chi connectivity index (χ3v) is 3.50. The van der Waals surface area contributed by atoms with E-state index in [-0.39, 0.29) is 17.2 Å². The number of nitrogens with zero attached hydrogens (tertiary/aromatic N) is 1. The quantitative estimate of drug-likeness (QED) is 0.791. The fourth-order valence-electron chi connectivity index (χ4n) is 2.17. The summed E-state index contributed by atoms with van der Waals surface area (Å²) in [6.45, 7) is 8.93. The zero-order valence-corrected chi connectivity index (χ0v) is 12.2. The Morgan fingerprint density at radius 3 is 2.32 bits per heavy atom. The van der Waals surface area contributed by atoms with Crippen LogP contribution in [0.5, 0.6) is 0 Å². The van der Waals surface area contributed by atoms with E-state index in [1.54, 1.807) is 0 Å². The molecule has 0 aliphatic carbocycles. The second-order valence-electron chi connectivity index (χ2n) is 6.55. The first-order valence-corrected chi connectivity index (χ1v) is 7.00. The smallest absolute Gasteiger partial charge is 0.306 e. The van der Waals surface area contributed by atoms with E-state index in [0.29, 0.717) is 39.0 Å². The predicted molar refractivity (Wildman–Crippen MR) is 73.9 cm³/mol. The fraction of sp³-hybridized carbons (Fsp3) is 0.857. The maximum atomic E-state index is 11.7. The molecular formula is C14H26N2O3. The van der Waals surface area contributed by atoms with Gasteiger partial charge in [-0.3, -0.25) is 14.5 Å². The van der Waals surface area contributed by atoms with Crippen molar-refractivity contribution in [3.8, 4) is 0 Å². The van der Waals surface area contributed by atoms with Crippen LogP contribution in [0.1, 0.15) is 40.0 Å². The molecule has 0 spiro atoms.